The number of phenolic OH excluding ortho intramolecular Hbond substituents is 1. The molecular weight excluding hydrogens is 405 g/mol. The Balaban J connectivity index is 1.58. The molecule has 2 N–H and O–H groups in total. The van der Waals surface area contributed by atoms with Gasteiger partial charge in [0.2, 0.25) is 0 Å². The highest BCUT2D eigenvalue weighted by Gasteiger charge is 2.36. The number of benzene rings is 3. The summed E-state index contributed by atoms with van der Waals surface area (Å²) in [6.07, 6.45) is 2.28. The van der Waals surface area contributed by atoms with Gasteiger partial charge < -0.3 is 10.0 Å². The summed E-state index contributed by atoms with van der Waals surface area (Å²) in [7, 11) is 0. The summed E-state index contributed by atoms with van der Waals surface area (Å²) in [6.45, 7) is 9.38. The summed E-state index contributed by atoms with van der Waals surface area (Å²) in [5.74, 6) is -0.805. The van der Waals surface area contributed by atoms with Crippen molar-refractivity contribution in [2.24, 2.45) is 5.10 Å². The lowest BCUT2D eigenvalue weighted by Gasteiger charge is -2.47. The molecule has 4 rings (SSSR count). The minimum Gasteiger partial charge on any atom is -0.507 e. The van der Waals surface area contributed by atoms with Crippen LogP contribution in [0.3, 0.4) is 0 Å². The molecule has 1 atom stereocenters. The van der Waals surface area contributed by atoms with Crippen LogP contribution in [0.25, 0.3) is 10.8 Å². The molecule has 3 aromatic carbocycles. The number of halogens is 1. The Morgan fingerprint density at radius 1 is 1.25 bits per heavy atom. The molecule has 0 fully saturated rings. The number of anilines is 1. The van der Waals surface area contributed by atoms with Gasteiger partial charge in [-0.1, -0.05) is 31.2 Å². The first-order valence-electron chi connectivity index (χ1n) is 10.9. The molecule has 0 saturated carbocycles. The van der Waals surface area contributed by atoms with Gasteiger partial charge in [-0.3, -0.25) is 4.79 Å². The molecule has 5 nitrogen and oxygen atoms in total. The number of nitrogens with one attached hydrogen (secondary N) is 1. The van der Waals surface area contributed by atoms with Crippen LogP contribution in [-0.4, -0.2) is 29.3 Å². The minimum atomic E-state index is -0.560. The maximum atomic E-state index is 14.9. The lowest BCUT2D eigenvalue weighted by molar-refractivity contribution is 0.0952. The Morgan fingerprint density at radius 2 is 1.94 bits per heavy atom. The van der Waals surface area contributed by atoms with Crippen LogP contribution < -0.4 is 10.3 Å². The van der Waals surface area contributed by atoms with Gasteiger partial charge in [-0.05, 0) is 73.7 Å². The lowest BCUT2D eigenvalue weighted by Crippen LogP contribution is -2.48. The zero-order valence-corrected chi connectivity index (χ0v) is 18.8. The summed E-state index contributed by atoms with van der Waals surface area (Å²) in [5, 5.41) is 15.8. The number of rotatable bonds is 4. The largest absolute Gasteiger partial charge is 0.507 e. The van der Waals surface area contributed by atoms with E-state index < -0.39 is 11.7 Å². The molecule has 0 aliphatic carbocycles. The minimum absolute atomic E-state index is 0.0426. The SMILES string of the molecule is CCN1c2cc(F)c(/C=N\NC(=O)c3cc4ccccc4cc3O)cc2C(C)CC1(C)C. The summed E-state index contributed by atoms with van der Waals surface area (Å²) in [6, 6.07) is 14.0. The van der Waals surface area contributed by atoms with E-state index in [1.807, 2.05) is 30.3 Å². The first-order valence-corrected chi connectivity index (χ1v) is 10.9. The average molecular weight is 434 g/mol. The Kier molecular flexibility index (Phi) is 5.63. The number of aromatic hydroxyl groups is 1. The van der Waals surface area contributed by atoms with Gasteiger partial charge in [0.1, 0.15) is 11.6 Å². The fourth-order valence-electron chi connectivity index (χ4n) is 4.85. The predicted molar refractivity (Wildman–Crippen MR) is 127 cm³/mol. The van der Waals surface area contributed by atoms with E-state index in [1.165, 1.54) is 6.21 Å². The number of phenols is 1. The Labute approximate surface area is 187 Å². The second-order valence-corrected chi connectivity index (χ2v) is 9.01. The van der Waals surface area contributed by atoms with Crippen molar-refractivity contribution >= 4 is 28.6 Å². The van der Waals surface area contributed by atoms with E-state index in [4.69, 9.17) is 0 Å². The zero-order valence-electron chi connectivity index (χ0n) is 18.8. The molecule has 32 heavy (non-hydrogen) atoms. The van der Waals surface area contributed by atoms with Crippen molar-refractivity contribution < 1.29 is 14.3 Å². The predicted octanol–water partition coefficient (Wildman–Crippen LogP) is 5.56. The number of amides is 1. The molecule has 6 heteroatoms. The molecule has 0 radical (unpaired) electrons. The standard InChI is InChI=1S/C26H28FN3O2/c1-5-30-23-13-22(27)19(11-20(23)16(2)14-26(30,3)4)15-28-29-25(32)21-10-17-8-6-7-9-18(17)12-24(21)31/h6-13,15-16,31H,5,14H2,1-4H3,(H,29,32)/b28-15-. The molecule has 166 valence electrons. The summed E-state index contributed by atoms with van der Waals surface area (Å²) >= 11 is 0. The molecule has 0 bridgehead atoms. The van der Waals surface area contributed by atoms with E-state index in [0.29, 0.717) is 5.56 Å². The van der Waals surface area contributed by atoms with Gasteiger partial charge in [-0.25, -0.2) is 9.82 Å². The first-order chi connectivity index (χ1) is 15.2. The molecule has 1 amide bonds. The van der Waals surface area contributed by atoms with Crippen molar-refractivity contribution in [2.45, 2.75) is 45.6 Å². The summed E-state index contributed by atoms with van der Waals surface area (Å²) in [5.41, 5.74) is 4.77. The molecule has 0 aromatic heterocycles. The van der Waals surface area contributed by atoms with Crippen molar-refractivity contribution in [3.8, 4) is 5.75 Å². The number of hydrogen-bond donors (Lipinski definition) is 2. The maximum absolute atomic E-state index is 14.9. The third kappa shape index (κ3) is 3.93. The second kappa shape index (κ2) is 8.26. The monoisotopic (exact) mass is 433 g/mol. The van der Waals surface area contributed by atoms with E-state index >= 15 is 0 Å². The summed E-state index contributed by atoms with van der Waals surface area (Å²) < 4.78 is 14.9. The van der Waals surface area contributed by atoms with E-state index in [9.17, 15) is 14.3 Å². The third-order valence-corrected chi connectivity index (χ3v) is 6.30. The Bertz CT molecular complexity index is 1220. The molecule has 1 heterocycles. The number of hydrogen-bond acceptors (Lipinski definition) is 4. The smallest absolute Gasteiger partial charge is 0.275 e. The van der Waals surface area contributed by atoms with Crippen LogP contribution in [-0.2, 0) is 0 Å². The normalized spacial score (nSPS) is 17.5. The van der Waals surface area contributed by atoms with Crippen LogP contribution in [0.5, 0.6) is 5.75 Å². The second-order valence-electron chi connectivity index (χ2n) is 9.01. The van der Waals surface area contributed by atoms with E-state index in [1.54, 1.807) is 18.2 Å². The highest BCUT2D eigenvalue weighted by Crippen LogP contribution is 2.43. The first kappa shape index (κ1) is 21.8. The molecule has 1 aliphatic rings. The third-order valence-electron chi connectivity index (χ3n) is 6.30. The summed E-state index contributed by atoms with van der Waals surface area (Å²) in [4.78, 5) is 14.8. The fraction of sp³-hybridized carbons (Fsp3) is 0.308. The van der Waals surface area contributed by atoms with Crippen molar-refractivity contribution in [1.29, 1.82) is 0 Å². The number of fused-ring (bicyclic) bond motifs is 2. The topological polar surface area (TPSA) is 64.9 Å². The number of hydrazone groups is 1. The van der Waals surface area contributed by atoms with Crippen LogP contribution in [0.2, 0.25) is 0 Å². The van der Waals surface area contributed by atoms with E-state index in [0.717, 1.165) is 35.0 Å². The number of carbonyl (C=O) groups is 1. The van der Waals surface area contributed by atoms with Crippen molar-refractivity contribution in [3.05, 3.63) is 71.0 Å². The van der Waals surface area contributed by atoms with Crippen molar-refractivity contribution in [2.75, 3.05) is 11.4 Å². The van der Waals surface area contributed by atoms with E-state index in [-0.39, 0.29) is 22.8 Å². The van der Waals surface area contributed by atoms with E-state index in [2.05, 4.69) is 43.1 Å². The van der Waals surface area contributed by atoms with Crippen LogP contribution in [0.15, 0.2) is 53.6 Å². The molecule has 1 aliphatic heterocycles. The average Bonchev–Trinajstić information content (AvgIpc) is 2.73. The molecule has 0 spiro atoms. The maximum Gasteiger partial charge on any atom is 0.275 e. The van der Waals surface area contributed by atoms with Crippen LogP contribution >= 0.6 is 0 Å². The van der Waals surface area contributed by atoms with Gasteiger partial charge in [0.25, 0.3) is 5.91 Å². The van der Waals surface area contributed by atoms with Gasteiger partial charge >= 0.3 is 0 Å². The lowest BCUT2D eigenvalue weighted by atomic mass is 9.79. The Hall–Kier alpha value is -3.41. The van der Waals surface area contributed by atoms with Crippen molar-refractivity contribution in [1.82, 2.24) is 5.43 Å². The molecular formula is C26H28FN3O2. The van der Waals surface area contributed by atoms with Gasteiger partial charge in [-0.15, -0.1) is 0 Å². The highest BCUT2D eigenvalue weighted by atomic mass is 19.1. The van der Waals surface area contributed by atoms with Gasteiger partial charge in [-0.2, -0.15) is 5.10 Å². The highest BCUT2D eigenvalue weighted by molar-refractivity contribution is 6.01. The Morgan fingerprint density at radius 3 is 2.62 bits per heavy atom. The number of nitrogens with zero attached hydrogens (tertiary/aromatic N) is 2. The van der Waals surface area contributed by atoms with Crippen molar-refractivity contribution in [3.63, 3.8) is 0 Å². The zero-order chi connectivity index (χ0) is 23.0. The van der Waals surface area contributed by atoms with Gasteiger partial charge in [0, 0.05) is 23.3 Å². The quantitative estimate of drug-likeness (QED) is 0.418. The molecule has 1 unspecified atom stereocenters. The molecule has 3 aromatic rings. The van der Waals surface area contributed by atoms with Crippen LogP contribution in [0.4, 0.5) is 10.1 Å². The molecule has 0 saturated heterocycles. The van der Waals surface area contributed by atoms with Gasteiger partial charge in [0.15, 0.2) is 0 Å². The number of carbonyl (C=O) groups excluding carboxylic acids is 1. The van der Waals surface area contributed by atoms with Crippen LogP contribution in [0, 0.1) is 5.82 Å². The fourth-order valence-corrected chi connectivity index (χ4v) is 4.85. The van der Waals surface area contributed by atoms with Gasteiger partial charge in [0.05, 0.1) is 11.8 Å². The van der Waals surface area contributed by atoms with Crippen LogP contribution in [0.1, 0.15) is 61.5 Å².